The highest BCUT2D eigenvalue weighted by molar-refractivity contribution is 7.99. The van der Waals surface area contributed by atoms with Crippen LogP contribution in [0.4, 0.5) is 10.1 Å². The molecule has 0 fully saturated rings. The first-order valence-corrected chi connectivity index (χ1v) is 10.8. The van der Waals surface area contributed by atoms with Gasteiger partial charge in [-0.1, -0.05) is 29.4 Å². The standard InChI is InChI=1S/C22H18ClFN4O2S/c1-12-3-4-14(23)10-17(12)26-19(29)11-31-22-27-18-9-13(2)25-20(18)21(30)28(22)16-7-5-15(24)6-8-16/h3-10,25H,11H2,1-2H3,(H,26,29). The van der Waals surface area contributed by atoms with E-state index in [1.165, 1.54) is 28.8 Å². The summed E-state index contributed by atoms with van der Waals surface area (Å²) in [6.07, 6.45) is 0. The Morgan fingerprint density at radius 2 is 1.94 bits per heavy atom. The molecule has 0 aliphatic rings. The van der Waals surface area contributed by atoms with Gasteiger partial charge in [0.2, 0.25) is 5.91 Å². The first-order valence-electron chi connectivity index (χ1n) is 9.39. The van der Waals surface area contributed by atoms with Gasteiger partial charge in [-0.3, -0.25) is 14.2 Å². The Balaban J connectivity index is 1.67. The van der Waals surface area contributed by atoms with Gasteiger partial charge in [0, 0.05) is 16.4 Å². The number of benzene rings is 2. The Kier molecular flexibility index (Phi) is 5.84. The Hall–Kier alpha value is -3.10. The molecule has 0 atom stereocenters. The zero-order chi connectivity index (χ0) is 22.1. The van der Waals surface area contributed by atoms with E-state index in [2.05, 4.69) is 15.3 Å². The summed E-state index contributed by atoms with van der Waals surface area (Å²) >= 11 is 7.13. The zero-order valence-corrected chi connectivity index (χ0v) is 18.3. The molecule has 1 amide bonds. The number of thioether (sulfide) groups is 1. The van der Waals surface area contributed by atoms with Crippen molar-refractivity contribution in [3.63, 3.8) is 0 Å². The van der Waals surface area contributed by atoms with Crippen molar-refractivity contribution in [2.75, 3.05) is 11.1 Å². The van der Waals surface area contributed by atoms with Gasteiger partial charge in [-0.2, -0.15) is 0 Å². The van der Waals surface area contributed by atoms with Crippen LogP contribution in [0.5, 0.6) is 0 Å². The number of aromatic nitrogens is 3. The Bertz CT molecular complexity index is 1350. The Morgan fingerprint density at radius 1 is 1.19 bits per heavy atom. The van der Waals surface area contributed by atoms with Gasteiger partial charge in [0.25, 0.3) is 5.56 Å². The number of nitrogens with zero attached hydrogens (tertiary/aromatic N) is 2. The number of nitrogens with one attached hydrogen (secondary N) is 2. The minimum absolute atomic E-state index is 0.0223. The van der Waals surface area contributed by atoms with E-state index < -0.39 is 5.82 Å². The van der Waals surface area contributed by atoms with Crippen molar-refractivity contribution in [1.82, 2.24) is 14.5 Å². The number of aryl methyl sites for hydroxylation is 2. The quantitative estimate of drug-likeness (QED) is 0.332. The lowest BCUT2D eigenvalue weighted by Gasteiger charge is -2.13. The third-order valence-electron chi connectivity index (χ3n) is 4.65. The second-order valence-electron chi connectivity index (χ2n) is 7.02. The summed E-state index contributed by atoms with van der Waals surface area (Å²) in [4.78, 5) is 33.3. The SMILES string of the molecule is Cc1cc2nc(SCC(=O)Nc3cc(Cl)ccc3C)n(-c3ccc(F)cc3)c(=O)c2[nH]1. The lowest BCUT2D eigenvalue weighted by molar-refractivity contribution is -0.113. The largest absolute Gasteiger partial charge is 0.353 e. The summed E-state index contributed by atoms with van der Waals surface area (Å²) in [5.41, 5.74) is 3.30. The van der Waals surface area contributed by atoms with Crippen LogP contribution >= 0.6 is 23.4 Å². The van der Waals surface area contributed by atoms with E-state index in [9.17, 15) is 14.0 Å². The molecular formula is C22H18ClFN4O2S. The summed E-state index contributed by atoms with van der Waals surface area (Å²) in [7, 11) is 0. The van der Waals surface area contributed by atoms with Gasteiger partial charge in [0.1, 0.15) is 11.3 Å². The molecule has 2 aromatic carbocycles. The van der Waals surface area contributed by atoms with Gasteiger partial charge < -0.3 is 10.3 Å². The van der Waals surface area contributed by atoms with E-state index in [1.807, 2.05) is 19.9 Å². The molecule has 158 valence electrons. The monoisotopic (exact) mass is 456 g/mol. The maximum absolute atomic E-state index is 13.4. The maximum atomic E-state index is 13.4. The Morgan fingerprint density at radius 3 is 2.68 bits per heavy atom. The first kappa shape index (κ1) is 21.1. The highest BCUT2D eigenvalue weighted by atomic mass is 35.5. The number of fused-ring (bicyclic) bond motifs is 1. The van der Waals surface area contributed by atoms with Crippen LogP contribution < -0.4 is 10.9 Å². The number of H-pyrrole nitrogens is 1. The molecule has 2 N–H and O–H groups in total. The van der Waals surface area contributed by atoms with Gasteiger partial charge in [-0.05, 0) is 61.9 Å². The van der Waals surface area contributed by atoms with Gasteiger partial charge >= 0.3 is 0 Å². The number of amides is 1. The van der Waals surface area contributed by atoms with Crippen LogP contribution in [0.3, 0.4) is 0 Å². The van der Waals surface area contributed by atoms with Crippen molar-refractivity contribution in [2.45, 2.75) is 19.0 Å². The second kappa shape index (κ2) is 8.56. The fraction of sp³-hybridized carbons (Fsp3) is 0.136. The van der Waals surface area contributed by atoms with E-state index in [1.54, 1.807) is 18.2 Å². The van der Waals surface area contributed by atoms with Crippen molar-refractivity contribution in [1.29, 1.82) is 0 Å². The number of rotatable bonds is 5. The summed E-state index contributed by atoms with van der Waals surface area (Å²) in [6, 6.07) is 12.6. The molecule has 0 saturated heterocycles. The molecule has 2 heterocycles. The van der Waals surface area contributed by atoms with E-state index >= 15 is 0 Å². The third kappa shape index (κ3) is 4.50. The first-order chi connectivity index (χ1) is 14.8. The van der Waals surface area contributed by atoms with E-state index in [0.29, 0.717) is 32.6 Å². The van der Waals surface area contributed by atoms with E-state index in [0.717, 1.165) is 23.0 Å². The number of aromatic amines is 1. The van der Waals surface area contributed by atoms with Crippen molar-refractivity contribution < 1.29 is 9.18 Å². The molecule has 6 nitrogen and oxygen atoms in total. The van der Waals surface area contributed by atoms with Crippen LogP contribution in [0.25, 0.3) is 16.7 Å². The molecule has 4 rings (SSSR count). The summed E-state index contributed by atoms with van der Waals surface area (Å²) in [5.74, 6) is -0.651. The zero-order valence-electron chi connectivity index (χ0n) is 16.7. The van der Waals surface area contributed by atoms with Crippen LogP contribution in [0.1, 0.15) is 11.3 Å². The predicted molar refractivity (Wildman–Crippen MR) is 122 cm³/mol. The van der Waals surface area contributed by atoms with Crippen LogP contribution in [-0.2, 0) is 4.79 Å². The molecule has 0 unspecified atom stereocenters. The Labute approximate surface area is 186 Å². The van der Waals surface area contributed by atoms with Crippen molar-refractivity contribution in [3.8, 4) is 5.69 Å². The number of carbonyl (C=O) groups is 1. The minimum atomic E-state index is -0.410. The second-order valence-corrected chi connectivity index (χ2v) is 8.40. The molecule has 0 radical (unpaired) electrons. The molecule has 0 bridgehead atoms. The molecule has 4 aromatic rings. The van der Waals surface area contributed by atoms with E-state index in [4.69, 9.17) is 11.6 Å². The molecule has 0 aliphatic heterocycles. The lowest BCUT2D eigenvalue weighted by atomic mass is 10.2. The third-order valence-corrected chi connectivity index (χ3v) is 5.82. The van der Waals surface area contributed by atoms with Gasteiger partial charge in [-0.25, -0.2) is 9.37 Å². The number of anilines is 1. The predicted octanol–water partition coefficient (Wildman–Crippen LogP) is 4.85. The van der Waals surface area contributed by atoms with Crippen LogP contribution in [-0.4, -0.2) is 26.2 Å². The number of carbonyl (C=O) groups excluding carboxylic acids is 1. The maximum Gasteiger partial charge on any atom is 0.283 e. The normalized spacial score (nSPS) is 11.1. The molecule has 0 spiro atoms. The molecule has 9 heteroatoms. The average Bonchev–Trinajstić information content (AvgIpc) is 3.11. The topological polar surface area (TPSA) is 79.8 Å². The molecule has 31 heavy (non-hydrogen) atoms. The highest BCUT2D eigenvalue weighted by Crippen LogP contribution is 2.24. The van der Waals surface area contributed by atoms with Crippen LogP contribution in [0.15, 0.2) is 58.5 Å². The fourth-order valence-corrected chi connectivity index (χ4v) is 4.12. The van der Waals surface area contributed by atoms with E-state index in [-0.39, 0.29) is 17.2 Å². The smallest absolute Gasteiger partial charge is 0.283 e. The van der Waals surface area contributed by atoms with Crippen LogP contribution in [0, 0.1) is 19.7 Å². The number of hydrogen-bond acceptors (Lipinski definition) is 4. The van der Waals surface area contributed by atoms with Crippen molar-refractivity contribution >= 4 is 46.0 Å². The summed E-state index contributed by atoms with van der Waals surface area (Å²) in [5, 5.41) is 3.68. The molecule has 0 aliphatic carbocycles. The minimum Gasteiger partial charge on any atom is -0.353 e. The fourth-order valence-electron chi connectivity index (χ4n) is 3.14. The summed E-state index contributed by atoms with van der Waals surface area (Å²) in [6.45, 7) is 3.70. The van der Waals surface area contributed by atoms with Crippen LogP contribution in [0.2, 0.25) is 5.02 Å². The molecular weight excluding hydrogens is 439 g/mol. The summed E-state index contributed by atoms with van der Waals surface area (Å²) < 4.78 is 14.8. The van der Waals surface area contributed by atoms with Crippen molar-refractivity contribution in [3.05, 3.63) is 81.0 Å². The molecule has 0 saturated carbocycles. The highest BCUT2D eigenvalue weighted by Gasteiger charge is 2.17. The number of halogens is 2. The average molecular weight is 457 g/mol. The van der Waals surface area contributed by atoms with Gasteiger partial charge in [-0.15, -0.1) is 0 Å². The number of hydrogen-bond donors (Lipinski definition) is 2. The lowest BCUT2D eigenvalue weighted by Crippen LogP contribution is -2.23. The van der Waals surface area contributed by atoms with Gasteiger partial charge in [0.05, 0.1) is 17.0 Å². The molecule has 2 aromatic heterocycles. The van der Waals surface area contributed by atoms with Gasteiger partial charge in [0.15, 0.2) is 5.16 Å². The van der Waals surface area contributed by atoms with Crippen molar-refractivity contribution in [2.24, 2.45) is 0 Å².